The lowest BCUT2D eigenvalue weighted by atomic mass is 9.86. The quantitative estimate of drug-likeness (QED) is 0.0777. The van der Waals surface area contributed by atoms with E-state index in [1.165, 1.54) is 22.3 Å². The van der Waals surface area contributed by atoms with Crippen LogP contribution in [0.5, 0.6) is 0 Å². The normalized spacial score (nSPS) is 11.8. The largest absolute Gasteiger partial charge is 0.399 e. The minimum absolute atomic E-state index is 0.225. The summed E-state index contributed by atoms with van der Waals surface area (Å²) in [5, 5.41) is 0. The summed E-state index contributed by atoms with van der Waals surface area (Å²) in [6.45, 7) is 0. The maximum Gasteiger partial charge on any atom is 0.150 e. The standard InChI is InChI=1S/C36H46N4O2S/c37-31-17-9-27(10-18-31)35(28-11-19-32(38)20-12-28)7-3-1-5-25-43(41,42)26-6-2-4-8-36(29-13-21-33(39)22-14-29)30-15-23-34(40)24-16-30/h9-24,35-36H,1-8,25-26,37-40H2. The average Bonchev–Trinajstić information content (AvgIpc) is 2.99. The molecule has 0 fully saturated rings. The van der Waals surface area contributed by atoms with Crippen LogP contribution in [0.15, 0.2) is 97.1 Å². The summed E-state index contributed by atoms with van der Waals surface area (Å²) >= 11 is 0. The Morgan fingerprint density at radius 1 is 0.395 bits per heavy atom. The van der Waals surface area contributed by atoms with E-state index in [-0.39, 0.29) is 23.3 Å². The predicted octanol–water partition coefficient (Wildman–Crippen LogP) is 7.52. The Kier molecular flexibility index (Phi) is 11.5. The van der Waals surface area contributed by atoms with E-state index >= 15 is 0 Å². The van der Waals surface area contributed by atoms with Crippen molar-refractivity contribution in [3.05, 3.63) is 119 Å². The zero-order valence-electron chi connectivity index (χ0n) is 25.0. The Bertz CT molecular complexity index is 1300. The molecule has 6 nitrogen and oxygen atoms in total. The lowest BCUT2D eigenvalue weighted by Crippen LogP contribution is -2.11. The lowest BCUT2D eigenvalue weighted by molar-refractivity contribution is 0.573. The van der Waals surface area contributed by atoms with Crippen LogP contribution in [-0.4, -0.2) is 19.9 Å². The Balaban J connectivity index is 1.21. The second kappa shape index (κ2) is 15.5. The first kappa shape index (κ1) is 32.0. The van der Waals surface area contributed by atoms with Gasteiger partial charge in [0.25, 0.3) is 0 Å². The van der Waals surface area contributed by atoms with E-state index in [0.29, 0.717) is 12.8 Å². The van der Waals surface area contributed by atoms with E-state index < -0.39 is 9.84 Å². The van der Waals surface area contributed by atoms with E-state index in [9.17, 15) is 8.42 Å². The fourth-order valence-corrected chi connectivity index (χ4v) is 7.25. The maximum atomic E-state index is 12.8. The number of anilines is 4. The number of hydrogen-bond donors (Lipinski definition) is 4. The number of nitrogen functional groups attached to an aromatic ring is 4. The van der Waals surface area contributed by atoms with Crippen LogP contribution in [0.4, 0.5) is 22.7 Å². The molecule has 0 aromatic heterocycles. The number of nitrogens with two attached hydrogens (primary N) is 4. The lowest BCUT2D eigenvalue weighted by Gasteiger charge is -2.19. The highest BCUT2D eigenvalue weighted by Gasteiger charge is 2.17. The molecule has 4 aromatic rings. The molecule has 8 N–H and O–H groups in total. The zero-order chi connectivity index (χ0) is 30.7. The third-order valence-electron chi connectivity index (χ3n) is 8.25. The summed E-state index contributed by atoms with van der Waals surface area (Å²) in [6, 6.07) is 32.1. The van der Waals surface area contributed by atoms with Crippen LogP contribution in [0, 0.1) is 0 Å². The smallest absolute Gasteiger partial charge is 0.150 e. The molecule has 0 radical (unpaired) electrons. The number of rotatable bonds is 16. The number of benzene rings is 4. The summed E-state index contributed by atoms with van der Waals surface area (Å²) in [7, 11) is -3.07. The van der Waals surface area contributed by atoms with Gasteiger partial charge in [0, 0.05) is 34.6 Å². The first-order valence-corrected chi connectivity index (χ1v) is 17.1. The highest BCUT2D eigenvalue weighted by molar-refractivity contribution is 7.91. The highest BCUT2D eigenvalue weighted by atomic mass is 32.2. The van der Waals surface area contributed by atoms with Gasteiger partial charge >= 0.3 is 0 Å². The van der Waals surface area contributed by atoms with Crippen LogP contribution in [0.25, 0.3) is 0 Å². The Morgan fingerprint density at radius 3 is 0.907 bits per heavy atom. The van der Waals surface area contributed by atoms with Crippen LogP contribution < -0.4 is 22.9 Å². The molecule has 0 aliphatic rings. The van der Waals surface area contributed by atoms with Crippen LogP contribution in [-0.2, 0) is 9.84 Å². The zero-order valence-corrected chi connectivity index (χ0v) is 25.8. The molecule has 0 aliphatic carbocycles. The second-order valence-electron chi connectivity index (χ2n) is 11.6. The summed E-state index contributed by atoms with van der Waals surface area (Å²) in [5.74, 6) is 0.952. The van der Waals surface area contributed by atoms with Gasteiger partial charge in [0.2, 0.25) is 0 Å². The summed E-state index contributed by atoms with van der Waals surface area (Å²) in [4.78, 5) is 0. The van der Waals surface area contributed by atoms with Gasteiger partial charge in [0.1, 0.15) is 9.84 Å². The molecule has 43 heavy (non-hydrogen) atoms. The fourth-order valence-electron chi connectivity index (χ4n) is 5.76. The SMILES string of the molecule is Nc1ccc(C(CCCCCS(=O)(=O)CCCCCC(c2ccc(N)cc2)c2ccc(N)cc2)c2ccc(N)cc2)cc1. The molecule has 0 unspecified atom stereocenters. The minimum Gasteiger partial charge on any atom is -0.399 e. The molecule has 0 spiro atoms. The van der Waals surface area contributed by atoms with Crippen molar-refractivity contribution in [2.75, 3.05) is 34.4 Å². The minimum atomic E-state index is -3.07. The Labute approximate surface area is 257 Å². The fraction of sp³-hybridized carbons (Fsp3) is 0.333. The molecule has 0 amide bonds. The van der Waals surface area contributed by atoms with Crippen LogP contribution >= 0.6 is 0 Å². The van der Waals surface area contributed by atoms with Crippen LogP contribution in [0.3, 0.4) is 0 Å². The monoisotopic (exact) mass is 598 g/mol. The van der Waals surface area contributed by atoms with Crippen molar-refractivity contribution in [3.8, 4) is 0 Å². The Hall–Kier alpha value is -3.97. The third kappa shape index (κ3) is 10.1. The highest BCUT2D eigenvalue weighted by Crippen LogP contribution is 2.32. The summed E-state index contributed by atoms with van der Waals surface area (Å²) in [6.07, 6.45) is 6.92. The topological polar surface area (TPSA) is 138 Å². The predicted molar refractivity (Wildman–Crippen MR) is 183 cm³/mol. The third-order valence-corrected chi connectivity index (χ3v) is 10.1. The molecule has 0 saturated heterocycles. The molecule has 0 heterocycles. The molecule has 0 bridgehead atoms. The number of unbranched alkanes of at least 4 members (excludes halogenated alkanes) is 4. The van der Waals surface area contributed by atoms with Crippen molar-refractivity contribution in [1.82, 2.24) is 0 Å². The van der Waals surface area contributed by atoms with Crippen molar-refractivity contribution in [2.45, 2.75) is 63.2 Å². The molecule has 0 saturated carbocycles. The van der Waals surface area contributed by atoms with Gasteiger partial charge < -0.3 is 22.9 Å². The van der Waals surface area contributed by atoms with E-state index in [4.69, 9.17) is 22.9 Å². The molecule has 228 valence electrons. The van der Waals surface area contributed by atoms with Crippen molar-refractivity contribution in [1.29, 1.82) is 0 Å². The molecule has 4 aromatic carbocycles. The molecule has 0 atom stereocenters. The molecule has 0 aliphatic heterocycles. The van der Waals surface area contributed by atoms with Gasteiger partial charge in [-0.25, -0.2) is 8.42 Å². The van der Waals surface area contributed by atoms with E-state index in [1.807, 2.05) is 48.5 Å². The van der Waals surface area contributed by atoms with Gasteiger partial charge in [-0.05, 0) is 96.5 Å². The van der Waals surface area contributed by atoms with Crippen molar-refractivity contribution in [2.24, 2.45) is 0 Å². The average molecular weight is 599 g/mol. The maximum absolute atomic E-state index is 12.8. The van der Waals surface area contributed by atoms with Gasteiger partial charge in [-0.3, -0.25) is 0 Å². The summed E-state index contributed by atoms with van der Waals surface area (Å²) in [5.41, 5.74) is 31.4. The molecular formula is C36H46N4O2S. The van der Waals surface area contributed by atoms with Crippen molar-refractivity contribution < 1.29 is 8.42 Å². The van der Waals surface area contributed by atoms with E-state index in [1.54, 1.807) is 0 Å². The second-order valence-corrected chi connectivity index (χ2v) is 13.9. The molecule has 4 rings (SSSR count). The molecule has 7 heteroatoms. The van der Waals surface area contributed by atoms with E-state index in [0.717, 1.165) is 61.3 Å². The van der Waals surface area contributed by atoms with Gasteiger partial charge in [-0.15, -0.1) is 0 Å². The van der Waals surface area contributed by atoms with Gasteiger partial charge in [0.05, 0.1) is 11.5 Å². The first-order chi connectivity index (χ1) is 20.7. The molecular weight excluding hydrogens is 552 g/mol. The van der Waals surface area contributed by atoms with Gasteiger partial charge in [-0.1, -0.05) is 74.2 Å². The van der Waals surface area contributed by atoms with Gasteiger partial charge in [-0.2, -0.15) is 0 Å². The first-order valence-electron chi connectivity index (χ1n) is 15.3. The Morgan fingerprint density at radius 2 is 0.651 bits per heavy atom. The van der Waals surface area contributed by atoms with Gasteiger partial charge in [0.15, 0.2) is 0 Å². The van der Waals surface area contributed by atoms with Crippen LogP contribution in [0.1, 0.15) is 85.5 Å². The number of sulfone groups is 1. The van der Waals surface area contributed by atoms with E-state index in [2.05, 4.69) is 48.5 Å². The van der Waals surface area contributed by atoms with Crippen molar-refractivity contribution >= 4 is 32.6 Å². The number of hydrogen-bond acceptors (Lipinski definition) is 6. The van der Waals surface area contributed by atoms with Crippen molar-refractivity contribution in [3.63, 3.8) is 0 Å². The summed E-state index contributed by atoms with van der Waals surface area (Å²) < 4.78 is 25.6. The van der Waals surface area contributed by atoms with Crippen LogP contribution in [0.2, 0.25) is 0 Å².